The van der Waals surface area contributed by atoms with Gasteiger partial charge in [-0.25, -0.2) is 12.7 Å². The van der Waals surface area contributed by atoms with E-state index in [1.54, 1.807) is 24.3 Å². The van der Waals surface area contributed by atoms with E-state index in [9.17, 15) is 13.2 Å². The standard InChI is InChI=1S/C14H20N2O4S/c1-10-13(14(17)18)8-9-16(10)11-4-6-12(7-5-11)21(19,20)15(2)3/h4-7,10,13H,8-9H2,1-3H3,(H,17,18). The molecule has 1 heterocycles. The third kappa shape index (κ3) is 2.89. The summed E-state index contributed by atoms with van der Waals surface area (Å²) in [6.07, 6.45) is 0.605. The third-order valence-corrected chi connectivity index (χ3v) is 5.85. The predicted octanol–water partition coefficient (Wildman–Crippen LogP) is 1.24. The van der Waals surface area contributed by atoms with Gasteiger partial charge in [0.1, 0.15) is 0 Å². The molecule has 0 spiro atoms. The van der Waals surface area contributed by atoms with Crippen LogP contribution in [0.15, 0.2) is 29.2 Å². The van der Waals surface area contributed by atoms with Gasteiger partial charge in [0, 0.05) is 32.4 Å². The highest BCUT2D eigenvalue weighted by atomic mass is 32.2. The van der Waals surface area contributed by atoms with Crippen LogP contribution in [0.5, 0.6) is 0 Å². The van der Waals surface area contributed by atoms with Crippen molar-refractivity contribution in [2.75, 3.05) is 25.5 Å². The van der Waals surface area contributed by atoms with Gasteiger partial charge in [0.15, 0.2) is 0 Å². The molecule has 1 saturated heterocycles. The molecular weight excluding hydrogens is 292 g/mol. The number of rotatable bonds is 4. The molecule has 0 bridgehead atoms. The van der Waals surface area contributed by atoms with Gasteiger partial charge in [-0.15, -0.1) is 0 Å². The van der Waals surface area contributed by atoms with Crippen molar-refractivity contribution in [1.29, 1.82) is 0 Å². The van der Waals surface area contributed by atoms with Crippen molar-refractivity contribution < 1.29 is 18.3 Å². The Morgan fingerprint density at radius 1 is 1.29 bits per heavy atom. The monoisotopic (exact) mass is 312 g/mol. The molecule has 1 N–H and O–H groups in total. The second kappa shape index (κ2) is 5.65. The Balaban J connectivity index is 2.23. The van der Waals surface area contributed by atoms with E-state index in [2.05, 4.69) is 0 Å². The number of benzene rings is 1. The van der Waals surface area contributed by atoms with Gasteiger partial charge in [-0.1, -0.05) is 0 Å². The van der Waals surface area contributed by atoms with Gasteiger partial charge in [-0.3, -0.25) is 4.79 Å². The lowest BCUT2D eigenvalue weighted by atomic mass is 10.0. The van der Waals surface area contributed by atoms with Crippen LogP contribution in [0.1, 0.15) is 13.3 Å². The van der Waals surface area contributed by atoms with Crippen LogP contribution in [-0.2, 0) is 14.8 Å². The number of carbonyl (C=O) groups is 1. The van der Waals surface area contributed by atoms with Crippen molar-refractivity contribution in [1.82, 2.24) is 4.31 Å². The smallest absolute Gasteiger partial charge is 0.308 e. The van der Waals surface area contributed by atoms with Gasteiger partial charge >= 0.3 is 5.97 Å². The molecule has 1 aliphatic rings. The lowest BCUT2D eigenvalue weighted by molar-refractivity contribution is -0.141. The Bertz CT molecular complexity index is 625. The molecule has 116 valence electrons. The number of hydrogen-bond donors (Lipinski definition) is 1. The van der Waals surface area contributed by atoms with Gasteiger partial charge in [0.25, 0.3) is 0 Å². The molecule has 1 aliphatic heterocycles. The van der Waals surface area contributed by atoms with E-state index in [1.165, 1.54) is 18.4 Å². The first-order valence-electron chi connectivity index (χ1n) is 6.77. The Morgan fingerprint density at radius 3 is 2.29 bits per heavy atom. The van der Waals surface area contributed by atoms with E-state index in [0.717, 1.165) is 5.69 Å². The maximum Gasteiger partial charge on any atom is 0.308 e. The largest absolute Gasteiger partial charge is 0.481 e. The van der Waals surface area contributed by atoms with E-state index >= 15 is 0 Å². The fourth-order valence-electron chi connectivity index (χ4n) is 2.65. The summed E-state index contributed by atoms with van der Waals surface area (Å²) in [4.78, 5) is 13.4. The van der Waals surface area contributed by atoms with Crippen LogP contribution < -0.4 is 4.90 Å². The Kier molecular flexibility index (Phi) is 4.25. The summed E-state index contributed by atoms with van der Waals surface area (Å²) in [5, 5.41) is 9.15. The van der Waals surface area contributed by atoms with Gasteiger partial charge < -0.3 is 10.0 Å². The molecule has 2 atom stereocenters. The summed E-state index contributed by atoms with van der Waals surface area (Å²) in [6, 6.07) is 6.49. The number of carboxylic acids is 1. The van der Waals surface area contributed by atoms with E-state index in [-0.39, 0.29) is 16.9 Å². The summed E-state index contributed by atoms with van der Waals surface area (Å²) in [6.45, 7) is 2.55. The second-order valence-corrected chi connectivity index (χ2v) is 7.60. The van der Waals surface area contributed by atoms with Crippen LogP contribution in [0.2, 0.25) is 0 Å². The zero-order chi connectivity index (χ0) is 15.8. The zero-order valence-electron chi connectivity index (χ0n) is 12.4. The minimum Gasteiger partial charge on any atom is -0.481 e. The number of carboxylic acid groups (broad SMARTS) is 1. The van der Waals surface area contributed by atoms with Crippen molar-refractivity contribution in [2.24, 2.45) is 5.92 Å². The van der Waals surface area contributed by atoms with Crippen LogP contribution in [0.25, 0.3) is 0 Å². The quantitative estimate of drug-likeness (QED) is 0.905. The number of nitrogens with zero attached hydrogens (tertiary/aromatic N) is 2. The average molecular weight is 312 g/mol. The minimum absolute atomic E-state index is 0.0983. The van der Waals surface area contributed by atoms with E-state index in [0.29, 0.717) is 13.0 Å². The molecule has 0 aromatic heterocycles. The van der Waals surface area contributed by atoms with E-state index in [1.807, 2.05) is 11.8 Å². The van der Waals surface area contributed by atoms with Crippen molar-refractivity contribution in [3.8, 4) is 0 Å². The summed E-state index contributed by atoms with van der Waals surface area (Å²) < 4.78 is 25.2. The van der Waals surface area contributed by atoms with Crippen LogP contribution in [0.3, 0.4) is 0 Å². The van der Waals surface area contributed by atoms with E-state index in [4.69, 9.17) is 5.11 Å². The molecule has 2 rings (SSSR count). The Morgan fingerprint density at radius 2 is 1.86 bits per heavy atom. The maximum atomic E-state index is 12.0. The molecule has 0 amide bonds. The summed E-state index contributed by atoms with van der Waals surface area (Å²) >= 11 is 0. The van der Waals surface area contributed by atoms with Crippen molar-refractivity contribution in [3.05, 3.63) is 24.3 Å². The average Bonchev–Trinajstić information content (AvgIpc) is 2.80. The first-order chi connectivity index (χ1) is 9.75. The number of hydrogen-bond acceptors (Lipinski definition) is 4. The molecular formula is C14H20N2O4S. The Hall–Kier alpha value is -1.60. The molecule has 0 saturated carbocycles. The van der Waals surface area contributed by atoms with Gasteiger partial charge in [-0.2, -0.15) is 0 Å². The molecule has 1 fully saturated rings. The maximum absolute atomic E-state index is 12.0. The fourth-order valence-corrected chi connectivity index (χ4v) is 3.56. The third-order valence-electron chi connectivity index (χ3n) is 4.02. The van der Waals surface area contributed by atoms with Crippen molar-refractivity contribution in [3.63, 3.8) is 0 Å². The first kappa shape index (κ1) is 15.8. The number of aliphatic carboxylic acids is 1. The van der Waals surface area contributed by atoms with Crippen molar-refractivity contribution >= 4 is 21.7 Å². The zero-order valence-corrected chi connectivity index (χ0v) is 13.2. The van der Waals surface area contributed by atoms with Gasteiger partial charge in [0.05, 0.1) is 10.8 Å². The van der Waals surface area contributed by atoms with Crippen LogP contribution >= 0.6 is 0 Å². The second-order valence-electron chi connectivity index (χ2n) is 5.45. The summed E-state index contributed by atoms with van der Waals surface area (Å²) in [5.74, 6) is -1.16. The molecule has 6 nitrogen and oxygen atoms in total. The Labute approximate surface area is 125 Å². The highest BCUT2D eigenvalue weighted by Gasteiger charge is 2.35. The lowest BCUT2D eigenvalue weighted by Crippen LogP contribution is -2.32. The molecule has 1 aromatic carbocycles. The van der Waals surface area contributed by atoms with E-state index < -0.39 is 16.0 Å². The molecule has 0 radical (unpaired) electrons. The fraction of sp³-hybridized carbons (Fsp3) is 0.500. The number of anilines is 1. The van der Waals surface area contributed by atoms with Gasteiger partial charge in [-0.05, 0) is 37.6 Å². The van der Waals surface area contributed by atoms with Crippen molar-refractivity contribution in [2.45, 2.75) is 24.3 Å². The normalized spacial score (nSPS) is 22.8. The molecule has 21 heavy (non-hydrogen) atoms. The number of sulfonamides is 1. The highest BCUT2D eigenvalue weighted by molar-refractivity contribution is 7.89. The highest BCUT2D eigenvalue weighted by Crippen LogP contribution is 2.30. The molecule has 0 aliphatic carbocycles. The molecule has 2 unspecified atom stereocenters. The lowest BCUT2D eigenvalue weighted by Gasteiger charge is -2.25. The SMILES string of the molecule is CC1C(C(=O)O)CCN1c1ccc(S(=O)(=O)N(C)C)cc1. The topological polar surface area (TPSA) is 77.9 Å². The minimum atomic E-state index is -3.43. The van der Waals surface area contributed by atoms with Crippen LogP contribution in [0.4, 0.5) is 5.69 Å². The van der Waals surface area contributed by atoms with Crippen LogP contribution in [0, 0.1) is 5.92 Å². The predicted molar refractivity (Wildman–Crippen MR) is 79.9 cm³/mol. The summed E-state index contributed by atoms with van der Waals surface area (Å²) in [5.41, 5.74) is 0.851. The molecule has 7 heteroatoms. The first-order valence-corrected chi connectivity index (χ1v) is 8.21. The van der Waals surface area contributed by atoms with Gasteiger partial charge in [0.2, 0.25) is 10.0 Å². The summed E-state index contributed by atoms with van der Waals surface area (Å²) in [7, 11) is -0.456. The molecule has 1 aromatic rings. The van der Waals surface area contributed by atoms with Crippen LogP contribution in [-0.4, -0.2) is 50.5 Å².